The minimum absolute atomic E-state index is 0.566. The highest BCUT2D eigenvalue weighted by Gasteiger charge is 1.94. The highest BCUT2D eigenvalue weighted by molar-refractivity contribution is 7.80. The van der Waals surface area contributed by atoms with E-state index in [4.69, 9.17) is 23.8 Å². The third kappa shape index (κ3) is 4.76. The first-order valence-electron chi connectivity index (χ1n) is 4.60. The molecule has 0 fully saturated rings. The molecule has 15 heavy (non-hydrogen) atoms. The second kappa shape index (κ2) is 6.37. The van der Waals surface area contributed by atoms with Crippen molar-refractivity contribution in [1.29, 1.82) is 0 Å². The molecule has 0 saturated heterocycles. The van der Waals surface area contributed by atoms with Gasteiger partial charge in [0.15, 0.2) is 6.21 Å². The van der Waals surface area contributed by atoms with Gasteiger partial charge in [0.25, 0.3) is 0 Å². The van der Waals surface area contributed by atoms with E-state index < -0.39 is 0 Å². The third-order valence-electron chi connectivity index (χ3n) is 1.61. The molecule has 0 saturated carbocycles. The molecular formula is C10H13ClN3S+. The first-order valence-corrected chi connectivity index (χ1v) is 5.39. The van der Waals surface area contributed by atoms with Gasteiger partial charge < -0.3 is 5.32 Å². The van der Waals surface area contributed by atoms with Gasteiger partial charge in [0, 0.05) is 17.1 Å². The van der Waals surface area contributed by atoms with Crippen LogP contribution in [0.3, 0.4) is 0 Å². The molecule has 0 heterocycles. The van der Waals surface area contributed by atoms with Crippen molar-refractivity contribution in [2.24, 2.45) is 0 Å². The van der Waals surface area contributed by atoms with Crippen LogP contribution in [-0.2, 0) is 0 Å². The average molecular weight is 243 g/mol. The minimum Gasteiger partial charge on any atom is -0.359 e. The van der Waals surface area contributed by atoms with Gasteiger partial charge in [0.1, 0.15) is 0 Å². The quantitative estimate of drug-likeness (QED) is 0.404. The van der Waals surface area contributed by atoms with Crippen LogP contribution in [0.4, 0.5) is 0 Å². The Kier molecular flexibility index (Phi) is 5.07. The van der Waals surface area contributed by atoms with Crippen LogP contribution >= 0.6 is 23.8 Å². The van der Waals surface area contributed by atoms with Crippen molar-refractivity contribution in [3.63, 3.8) is 0 Å². The van der Waals surface area contributed by atoms with Gasteiger partial charge in [-0.25, -0.2) is 0 Å². The van der Waals surface area contributed by atoms with Gasteiger partial charge in [-0.3, -0.25) is 0 Å². The Morgan fingerprint density at radius 2 is 2.40 bits per heavy atom. The lowest BCUT2D eigenvalue weighted by atomic mass is 10.2. The number of hydrogen-bond acceptors (Lipinski definition) is 1. The van der Waals surface area contributed by atoms with Crippen LogP contribution in [0, 0.1) is 0 Å². The number of hydrazone groups is 1. The molecule has 0 radical (unpaired) electrons. The first-order chi connectivity index (χ1) is 7.22. The summed E-state index contributed by atoms with van der Waals surface area (Å²) in [4.78, 5) is 0. The Bertz CT molecular complexity index is 365. The zero-order chi connectivity index (χ0) is 11.1. The fraction of sp³-hybridized carbons (Fsp3) is 0.200. The zero-order valence-corrected chi connectivity index (χ0v) is 9.95. The van der Waals surface area contributed by atoms with E-state index in [0.717, 1.165) is 12.1 Å². The largest absolute Gasteiger partial charge is 0.359 e. The van der Waals surface area contributed by atoms with E-state index in [2.05, 4.69) is 15.8 Å². The molecule has 0 aliphatic carbocycles. The van der Waals surface area contributed by atoms with Gasteiger partial charge in [0.05, 0.1) is 0 Å². The Morgan fingerprint density at radius 3 is 3.07 bits per heavy atom. The molecule has 0 atom stereocenters. The van der Waals surface area contributed by atoms with E-state index in [1.54, 1.807) is 6.21 Å². The minimum atomic E-state index is 0.566. The summed E-state index contributed by atoms with van der Waals surface area (Å²) < 4.78 is 0. The monoisotopic (exact) mass is 242 g/mol. The highest BCUT2D eigenvalue weighted by atomic mass is 35.5. The van der Waals surface area contributed by atoms with Crippen LogP contribution in [-0.4, -0.2) is 17.9 Å². The predicted octanol–water partition coefficient (Wildman–Crippen LogP) is 0.239. The number of rotatable bonds is 3. The van der Waals surface area contributed by atoms with Gasteiger partial charge in [-0.2, -0.15) is 0 Å². The number of benzene rings is 1. The van der Waals surface area contributed by atoms with Gasteiger partial charge >= 0.3 is 0 Å². The van der Waals surface area contributed by atoms with Crippen LogP contribution in [0.1, 0.15) is 12.5 Å². The smallest absolute Gasteiger partial charge is 0.223 e. The molecule has 5 heteroatoms. The molecule has 0 amide bonds. The van der Waals surface area contributed by atoms with Gasteiger partial charge in [0.2, 0.25) is 5.11 Å². The molecule has 0 spiro atoms. The molecule has 0 unspecified atom stereocenters. The summed E-state index contributed by atoms with van der Waals surface area (Å²) in [5.41, 5.74) is 3.80. The molecule has 0 aromatic heterocycles. The SMILES string of the molecule is CCNC(=S)N[NH+]=Cc1cccc(Cl)c1. The summed E-state index contributed by atoms with van der Waals surface area (Å²) in [5.74, 6) is 0. The van der Waals surface area contributed by atoms with Crippen LogP contribution < -0.4 is 15.8 Å². The third-order valence-corrected chi connectivity index (χ3v) is 2.09. The van der Waals surface area contributed by atoms with Crippen LogP contribution in [0.2, 0.25) is 5.02 Å². The number of thiocarbonyl (C=S) groups is 1. The Labute approximate surface area is 99.5 Å². The topological polar surface area (TPSA) is 38.0 Å². The Hall–Kier alpha value is -1.13. The maximum atomic E-state index is 5.83. The predicted molar refractivity (Wildman–Crippen MR) is 67.0 cm³/mol. The Morgan fingerprint density at radius 1 is 1.60 bits per heavy atom. The zero-order valence-electron chi connectivity index (χ0n) is 8.38. The van der Waals surface area contributed by atoms with E-state index >= 15 is 0 Å². The second-order valence-electron chi connectivity index (χ2n) is 2.83. The maximum Gasteiger partial charge on any atom is 0.223 e. The molecule has 0 aliphatic rings. The van der Waals surface area contributed by atoms with Crippen molar-refractivity contribution in [3.05, 3.63) is 34.9 Å². The Balaban J connectivity index is 2.48. The average Bonchev–Trinajstić information content (AvgIpc) is 2.18. The molecular weight excluding hydrogens is 230 g/mol. The van der Waals surface area contributed by atoms with Gasteiger partial charge in [-0.15, -0.1) is 10.5 Å². The van der Waals surface area contributed by atoms with Crippen molar-refractivity contribution in [1.82, 2.24) is 10.7 Å². The van der Waals surface area contributed by atoms with Crippen LogP contribution in [0.15, 0.2) is 24.3 Å². The lowest BCUT2D eigenvalue weighted by molar-refractivity contribution is -0.500. The van der Waals surface area contributed by atoms with Crippen molar-refractivity contribution in [2.45, 2.75) is 6.92 Å². The lowest BCUT2D eigenvalue weighted by Crippen LogP contribution is -2.82. The van der Waals surface area contributed by atoms with Gasteiger partial charge in [-0.1, -0.05) is 17.7 Å². The molecule has 3 N–H and O–H groups in total. The summed E-state index contributed by atoms with van der Waals surface area (Å²) in [7, 11) is 0. The summed E-state index contributed by atoms with van der Waals surface area (Å²) in [6.45, 7) is 2.78. The normalized spacial score (nSPS) is 10.3. The fourth-order valence-corrected chi connectivity index (χ4v) is 1.39. The number of nitrogens with one attached hydrogen (secondary N) is 3. The van der Waals surface area contributed by atoms with Crippen LogP contribution in [0.5, 0.6) is 0 Å². The maximum absolute atomic E-state index is 5.83. The van der Waals surface area contributed by atoms with Crippen LogP contribution in [0.25, 0.3) is 0 Å². The highest BCUT2D eigenvalue weighted by Crippen LogP contribution is 2.07. The van der Waals surface area contributed by atoms with E-state index in [-0.39, 0.29) is 0 Å². The second-order valence-corrected chi connectivity index (χ2v) is 3.67. The molecule has 1 aromatic rings. The van der Waals surface area contributed by atoms with Gasteiger partial charge in [-0.05, 0) is 37.3 Å². The number of hydrogen-bond donors (Lipinski definition) is 3. The van der Waals surface area contributed by atoms with Crippen molar-refractivity contribution in [2.75, 3.05) is 6.54 Å². The molecule has 3 nitrogen and oxygen atoms in total. The number of halogens is 1. The standard InChI is InChI=1S/C10H12ClN3S/c1-2-12-10(15)14-13-7-8-4-3-5-9(11)6-8/h3-7H,2H2,1H3,(H2,12,14,15)/p+1. The molecule has 1 aromatic carbocycles. The number of hydrazine groups is 1. The fourth-order valence-electron chi connectivity index (χ4n) is 0.986. The van der Waals surface area contributed by atoms with E-state index in [1.165, 1.54) is 0 Å². The van der Waals surface area contributed by atoms with Crippen molar-refractivity contribution in [3.8, 4) is 0 Å². The lowest BCUT2D eigenvalue weighted by Gasteiger charge is -1.98. The van der Waals surface area contributed by atoms with Crippen molar-refractivity contribution < 1.29 is 5.10 Å². The first kappa shape index (κ1) is 11.9. The molecule has 1 rings (SSSR count). The van der Waals surface area contributed by atoms with E-state index in [0.29, 0.717) is 10.1 Å². The van der Waals surface area contributed by atoms with Crippen molar-refractivity contribution >= 4 is 35.1 Å². The summed E-state index contributed by atoms with van der Waals surface area (Å²) >= 11 is 10.8. The summed E-state index contributed by atoms with van der Waals surface area (Å²) in [6, 6.07) is 7.51. The van der Waals surface area contributed by atoms with E-state index in [1.807, 2.05) is 31.2 Å². The summed E-state index contributed by atoms with van der Waals surface area (Å²) in [6.07, 6.45) is 1.79. The molecule has 0 bridgehead atoms. The molecule has 0 aliphatic heterocycles. The molecule has 80 valence electrons. The summed E-state index contributed by atoms with van der Waals surface area (Å²) in [5, 5.41) is 7.10. The van der Waals surface area contributed by atoms with E-state index in [9.17, 15) is 0 Å².